The second kappa shape index (κ2) is 8.79. The van der Waals surface area contributed by atoms with Gasteiger partial charge in [0.1, 0.15) is 0 Å². The number of carboxylic acid groups (broad SMARTS) is 1. The average Bonchev–Trinajstić information content (AvgIpc) is 3.10. The largest absolute Gasteiger partial charge is 0.481 e. The fourth-order valence-corrected chi connectivity index (χ4v) is 4.29. The molecule has 0 fully saturated rings. The van der Waals surface area contributed by atoms with Crippen LogP contribution in [0.25, 0.3) is 21.8 Å². The zero-order valence-electron chi connectivity index (χ0n) is 18.2. The van der Waals surface area contributed by atoms with E-state index < -0.39 is 5.97 Å². The summed E-state index contributed by atoms with van der Waals surface area (Å²) in [6.45, 7) is 4.75. The van der Waals surface area contributed by atoms with Crippen molar-refractivity contribution in [3.8, 4) is 0 Å². The van der Waals surface area contributed by atoms with E-state index in [1.54, 1.807) is 6.07 Å². The maximum atomic E-state index is 13.2. The van der Waals surface area contributed by atoms with E-state index in [1.165, 1.54) is 0 Å². The van der Waals surface area contributed by atoms with Gasteiger partial charge in [0.2, 0.25) is 0 Å². The van der Waals surface area contributed by atoms with E-state index in [1.807, 2.05) is 61.5 Å². The first-order valence-electron chi connectivity index (χ1n) is 10.8. The number of ketones is 2. The van der Waals surface area contributed by atoms with Crippen LogP contribution in [0.5, 0.6) is 0 Å². The Labute approximate surface area is 186 Å². The monoisotopic (exact) mass is 427 g/mol. The van der Waals surface area contributed by atoms with E-state index in [0.717, 1.165) is 33.9 Å². The molecule has 1 heterocycles. The van der Waals surface area contributed by atoms with Crippen molar-refractivity contribution < 1.29 is 19.5 Å². The van der Waals surface area contributed by atoms with Gasteiger partial charge in [0, 0.05) is 57.9 Å². The maximum absolute atomic E-state index is 13.2. The third kappa shape index (κ3) is 3.94. The molecule has 0 spiro atoms. The van der Waals surface area contributed by atoms with Gasteiger partial charge in [0.25, 0.3) is 0 Å². The molecule has 0 aliphatic heterocycles. The van der Waals surface area contributed by atoms with Gasteiger partial charge in [-0.1, -0.05) is 24.3 Å². The van der Waals surface area contributed by atoms with Crippen molar-refractivity contribution in [3.63, 3.8) is 0 Å². The minimum absolute atomic E-state index is 0.0203. The van der Waals surface area contributed by atoms with Crippen LogP contribution < -0.4 is 0 Å². The van der Waals surface area contributed by atoms with E-state index in [9.17, 15) is 14.4 Å². The van der Waals surface area contributed by atoms with Crippen molar-refractivity contribution >= 4 is 39.3 Å². The second-order valence-corrected chi connectivity index (χ2v) is 8.02. The van der Waals surface area contributed by atoms with E-state index >= 15 is 0 Å². The lowest BCUT2D eigenvalue weighted by Gasteiger charge is -2.06. The molecular weight excluding hydrogens is 402 g/mol. The highest BCUT2D eigenvalue weighted by Gasteiger charge is 2.17. The van der Waals surface area contributed by atoms with Gasteiger partial charge < -0.3 is 9.67 Å². The van der Waals surface area contributed by atoms with Gasteiger partial charge in [0.15, 0.2) is 11.6 Å². The minimum Gasteiger partial charge on any atom is -0.481 e. The number of carbonyl (C=O) groups excluding carboxylic acids is 2. The number of rotatable bonds is 8. The molecule has 162 valence electrons. The van der Waals surface area contributed by atoms with E-state index in [4.69, 9.17) is 5.11 Å². The third-order valence-corrected chi connectivity index (χ3v) is 5.95. The summed E-state index contributed by atoms with van der Waals surface area (Å²) in [6, 6.07) is 18.9. The molecule has 5 heteroatoms. The summed E-state index contributed by atoms with van der Waals surface area (Å²) < 4.78 is 2.17. The highest BCUT2D eigenvalue weighted by Crippen LogP contribution is 2.32. The lowest BCUT2D eigenvalue weighted by atomic mass is 9.97. The lowest BCUT2D eigenvalue weighted by molar-refractivity contribution is -0.137. The molecule has 1 N–H and O–H groups in total. The van der Waals surface area contributed by atoms with Crippen LogP contribution in [0, 0.1) is 6.92 Å². The first-order chi connectivity index (χ1) is 15.4. The number of benzene rings is 3. The Morgan fingerprint density at radius 1 is 0.844 bits per heavy atom. The van der Waals surface area contributed by atoms with Crippen molar-refractivity contribution in [1.29, 1.82) is 0 Å². The molecule has 4 aromatic rings. The van der Waals surface area contributed by atoms with Gasteiger partial charge in [-0.15, -0.1) is 0 Å². The SMILES string of the molecule is CCn1c2ccc(C(=O)CCCC(=O)O)cc2c2cc(C(=O)c3ccccc3C)ccc21. The second-order valence-electron chi connectivity index (χ2n) is 8.02. The number of fused-ring (bicyclic) bond motifs is 3. The van der Waals surface area contributed by atoms with Crippen LogP contribution in [0.15, 0.2) is 60.7 Å². The summed E-state index contributed by atoms with van der Waals surface area (Å²) in [5.74, 6) is -0.994. The molecule has 0 saturated heterocycles. The minimum atomic E-state index is -0.898. The summed E-state index contributed by atoms with van der Waals surface area (Å²) in [5.41, 5.74) is 4.81. The van der Waals surface area contributed by atoms with Crippen LogP contribution in [-0.4, -0.2) is 27.2 Å². The molecule has 0 amide bonds. The molecule has 0 atom stereocenters. The summed E-state index contributed by atoms with van der Waals surface area (Å²) in [6.07, 6.45) is 0.493. The number of aryl methyl sites for hydroxylation is 2. The van der Waals surface area contributed by atoms with Crippen LogP contribution in [0.2, 0.25) is 0 Å². The number of hydrogen-bond donors (Lipinski definition) is 1. The van der Waals surface area contributed by atoms with E-state index in [0.29, 0.717) is 23.1 Å². The summed E-state index contributed by atoms with van der Waals surface area (Å²) in [5, 5.41) is 10.7. The Morgan fingerprint density at radius 2 is 1.47 bits per heavy atom. The normalized spacial score (nSPS) is 11.2. The summed E-state index contributed by atoms with van der Waals surface area (Å²) >= 11 is 0. The summed E-state index contributed by atoms with van der Waals surface area (Å²) in [7, 11) is 0. The third-order valence-electron chi connectivity index (χ3n) is 5.95. The fraction of sp³-hybridized carbons (Fsp3) is 0.222. The van der Waals surface area contributed by atoms with Crippen LogP contribution >= 0.6 is 0 Å². The molecule has 0 aliphatic rings. The molecule has 0 bridgehead atoms. The molecule has 0 radical (unpaired) electrons. The highest BCUT2D eigenvalue weighted by molar-refractivity contribution is 6.16. The first kappa shape index (κ1) is 21.5. The molecule has 5 nitrogen and oxygen atoms in total. The standard InChI is InChI=1S/C27H25NO4/c1-3-28-23-13-11-18(25(29)9-6-10-26(30)31)15-21(23)22-16-19(12-14-24(22)28)27(32)20-8-5-4-7-17(20)2/h4-5,7-8,11-16H,3,6,9-10H2,1-2H3,(H,30,31). The number of nitrogens with zero attached hydrogens (tertiary/aromatic N) is 1. The van der Waals surface area contributed by atoms with Crippen molar-refractivity contribution in [2.45, 2.75) is 39.7 Å². The Morgan fingerprint density at radius 3 is 2.09 bits per heavy atom. The number of Topliss-reactive ketones (excluding diaryl/α,β-unsaturated/α-hetero) is 1. The fourth-order valence-electron chi connectivity index (χ4n) is 4.29. The number of carbonyl (C=O) groups is 3. The van der Waals surface area contributed by atoms with Gasteiger partial charge in [-0.05, 0) is 62.2 Å². The molecule has 32 heavy (non-hydrogen) atoms. The zero-order valence-corrected chi connectivity index (χ0v) is 18.2. The maximum Gasteiger partial charge on any atom is 0.303 e. The Balaban J connectivity index is 1.79. The molecule has 4 rings (SSSR count). The van der Waals surface area contributed by atoms with Crippen molar-refractivity contribution in [2.75, 3.05) is 0 Å². The van der Waals surface area contributed by atoms with Crippen LogP contribution in [0.3, 0.4) is 0 Å². The van der Waals surface area contributed by atoms with Gasteiger partial charge in [-0.25, -0.2) is 0 Å². The molecular formula is C27H25NO4. The molecule has 0 unspecified atom stereocenters. The van der Waals surface area contributed by atoms with Crippen LogP contribution in [0.4, 0.5) is 0 Å². The predicted molar refractivity (Wildman–Crippen MR) is 126 cm³/mol. The van der Waals surface area contributed by atoms with E-state index in [2.05, 4.69) is 11.5 Å². The number of aromatic nitrogens is 1. The first-order valence-corrected chi connectivity index (χ1v) is 10.8. The quantitative estimate of drug-likeness (QED) is 0.361. The number of aliphatic carboxylic acids is 1. The van der Waals surface area contributed by atoms with Crippen molar-refractivity contribution in [1.82, 2.24) is 4.57 Å². The smallest absolute Gasteiger partial charge is 0.303 e. The topological polar surface area (TPSA) is 76.4 Å². The average molecular weight is 428 g/mol. The van der Waals surface area contributed by atoms with Crippen molar-refractivity contribution in [2.24, 2.45) is 0 Å². The Bertz CT molecular complexity index is 1360. The van der Waals surface area contributed by atoms with Gasteiger partial charge in [-0.3, -0.25) is 14.4 Å². The molecule has 1 aromatic heterocycles. The summed E-state index contributed by atoms with van der Waals surface area (Å²) in [4.78, 5) is 36.5. The van der Waals surface area contributed by atoms with Crippen LogP contribution in [0.1, 0.15) is 58.0 Å². The van der Waals surface area contributed by atoms with Gasteiger partial charge >= 0.3 is 5.97 Å². The van der Waals surface area contributed by atoms with Gasteiger partial charge in [-0.2, -0.15) is 0 Å². The number of hydrogen-bond acceptors (Lipinski definition) is 3. The zero-order chi connectivity index (χ0) is 22.8. The number of carboxylic acids is 1. The predicted octanol–water partition coefficient (Wildman–Crippen LogP) is 5.79. The lowest BCUT2D eigenvalue weighted by Crippen LogP contribution is -2.03. The molecule has 0 aliphatic carbocycles. The highest BCUT2D eigenvalue weighted by atomic mass is 16.4. The molecule has 3 aromatic carbocycles. The van der Waals surface area contributed by atoms with E-state index in [-0.39, 0.29) is 24.4 Å². The molecule has 0 saturated carbocycles. The van der Waals surface area contributed by atoms with Crippen molar-refractivity contribution in [3.05, 3.63) is 82.9 Å². The van der Waals surface area contributed by atoms with Gasteiger partial charge in [0.05, 0.1) is 0 Å². The van der Waals surface area contributed by atoms with Crippen LogP contribution in [-0.2, 0) is 11.3 Å². The Hall–Kier alpha value is -3.73. The Kier molecular flexibility index (Phi) is 5.91.